The molecule has 1 unspecified atom stereocenters. The molecule has 7 nitrogen and oxygen atoms in total. The van der Waals surface area contributed by atoms with Crippen molar-refractivity contribution in [3.05, 3.63) is 63.6 Å². The first-order chi connectivity index (χ1) is 16.5. The van der Waals surface area contributed by atoms with E-state index in [1.165, 1.54) is 4.90 Å². The molecule has 0 saturated carbocycles. The molecule has 0 saturated heterocycles. The molecule has 0 heterocycles. The summed E-state index contributed by atoms with van der Waals surface area (Å²) in [6, 6.07) is 11.1. The molecule has 10 heteroatoms. The molecule has 0 aliphatic carbocycles. The first-order valence-electron chi connectivity index (χ1n) is 11.6. The highest BCUT2D eigenvalue weighted by Crippen LogP contribution is 2.30. The number of nitrogens with zero attached hydrogens (tertiary/aromatic N) is 2. The number of para-hydroxylation sites is 1. The third kappa shape index (κ3) is 7.85. The van der Waals surface area contributed by atoms with Crippen molar-refractivity contribution in [3.8, 4) is 0 Å². The molecule has 0 bridgehead atoms. The minimum atomic E-state index is -3.83. The molecule has 2 amide bonds. The Labute approximate surface area is 224 Å². The van der Waals surface area contributed by atoms with E-state index in [4.69, 9.17) is 23.2 Å². The van der Waals surface area contributed by atoms with E-state index in [0.717, 1.165) is 16.1 Å². The highest BCUT2D eigenvalue weighted by atomic mass is 35.5. The number of carbonyl (C=O) groups excluding carboxylic acids is 2. The van der Waals surface area contributed by atoms with Crippen molar-refractivity contribution in [1.82, 2.24) is 10.2 Å². The second-order valence-electron chi connectivity index (χ2n) is 10.1. The predicted molar refractivity (Wildman–Crippen MR) is 147 cm³/mol. The van der Waals surface area contributed by atoms with Crippen LogP contribution in [0, 0.1) is 0 Å². The van der Waals surface area contributed by atoms with Crippen molar-refractivity contribution < 1.29 is 18.0 Å². The van der Waals surface area contributed by atoms with E-state index in [0.29, 0.717) is 21.3 Å². The Morgan fingerprint density at radius 1 is 0.972 bits per heavy atom. The maximum atomic E-state index is 13.7. The molecular weight excluding hydrogens is 521 g/mol. The summed E-state index contributed by atoms with van der Waals surface area (Å²) in [5.41, 5.74) is 1.15. The molecule has 2 aromatic rings. The van der Waals surface area contributed by atoms with Gasteiger partial charge in [0.1, 0.15) is 12.6 Å². The van der Waals surface area contributed by atoms with E-state index >= 15 is 0 Å². The molecule has 1 atom stereocenters. The summed E-state index contributed by atoms with van der Waals surface area (Å²) < 4.78 is 26.8. The Hall–Kier alpha value is -2.29. The average Bonchev–Trinajstić information content (AvgIpc) is 2.74. The Kier molecular flexibility index (Phi) is 9.84. The van der Waals surface area contributed by atoms with Crippen LogP contribution in [-0.4, -0.2) is 49.5 Å². The Balaban J connectivity index is 2.53. The van der Waals surface area contributed by atoms with Gasteiger partial charge in [0.15, 0.2) is 0 Å². The van der Waals surface area contributed by atoms with Gasteiger partial charge in [-0.1, -0.05) is 61.3 Å². The van der Waals surface area contributed by atoms with Crippen LogP contribution in [0.5, 0.6) is 0 Å². The van der Waals surface area contributed by atoms with Crippen molar-refractivity contribution in [2.24, 2.45) is 0 Å². The van der Waals surface area contributed by atoms with Crippen LogP contribution in [0.2, 0.25) is 10.0 Å². The molecule has 0 spiro atoms. The van der Waals surface area contributed by atoms with E-state index in [1.54, 1.807) is 37.3 Å². The van der Waals surface area contributed by atoms with Gasteiger partial charge in [-0.3, -0.25) is 13.9 Å². The first kappa shape index (κ1) is 29.9. The molecule has 0 aliphatic heterocycles. The lowest BCUT2D eigenvalue weighted by atomic mass is 10.0. The van der Waals surface area contributed by atoms with Gasteiger partial charge in [-0.05, 0) is 57.4 Å². The summed E-state index contributed by atoms with van der Waals surface area (Å²) >= 11 is 12.7. The number of anilines is 1. The zero-order chi connectivity index (χ0) is 27.4. The van der Waals surface area contributed by atoms with Crippen molar-refractivity contribution >= 4 is 50.7 Å². The van der Waals surface area contributed by atoms with Crippen molar-refractivity contribution in [1.29, 1.82) is 0 Å². The number of sulfonamides is 1. The van der Waals surface area contributed by atoms with Crippen LogP contribution < -0.4 is 9.62 Å². The highest BCUT2D eigenvalue weighted by molar-refractivity contribution is 7.92. The normalized spacial score (nSPS) is 12.8. The molecule has 2 aromatic carbocycles. The Morgan fingerprint density at radius 2 is 1.53 bits per heavy atom. The van der Waals surface area contributed by atoms with Gasteiger partial charge < -0.3 is 10.2 Å². The molecule has 0 radical (unpaired) electrons. The minimum Gasteiger partial charge on any atom is -0.350 e. The second kappa shape index (κ2) is 11.8. The maximum Gasteiger partial charge on any atom is 0.244 e. The van der Waals surface area contributed by atoms with Gasteiger partial charge in [-0.2, -0.15) is 0 Å². The van der Waals surface area contributed by atoms with Gasteiger partial charge in [0.05, 0.1) is 11.9 Å². The first-order valence-corrected chi connectivity index (χ1v) is 14.2. The number of benzene rings is 2. The van der Waals surface area contributed by atoms with E-state index in [1.807, 2.05) is 46.8 Å². The van der Waals surface area contributed by atoms with Crippen LogP contribution >= 0.6 is 23.2 Å². The summed E-state index contributed by atoms with van der Waals surface area (Å²) in [5.74, 6) is -0.922. The smallest absolute Gasteiger partial charge is 0.244 e. The van der Waals surface area contributed by atoms with Crippen molar-refractivity contribution in [2.45, 2.75) is 65.6 Å². The fourth-order valence-corrected chi connectivity index (χ4v) is 5.09. The number of hydrogen-bond donors (Lipinski definition) is 1. The van der Waals surface area contributed by atoms with Crippen molar-refractivity contribution in [2.75, 3.05) is 17.1 Å². The molecule has 0 aromatic heterocycles. The minimum absolute atomic E-state index is 0.0232. The van der Waals surface area contributed by atoms with Gasteiger partial charge in [0.25, 0.3) is 0 Å². The summed E-state index contributed by atoms with van der Waals surface area (Å²) in [6.45, 7) is 10.4. The monoisotopic (exact) mass is 555 g/mol. The SMILES string of the molecule is CC(C)c1ccccc1N(CC(=O)N(Cc1c(Cl)cccc1Cl)C(C)C(=O)NC(C)(C)C)S(C)(=O)=O. The number of amides is 2. The molecular formula is C26H35Cl2N3O4S. The van der Waals surface area contributed by atoms with Crippen LogP contribution in [0.15, 0.2) is 42.5 Å². The summed E-state index contributed by atoms with van der Waals surface area (Å²) in [5, 5.41) is 3.56. The van der Waals surface area contributed by atoms with Crippen LogP contribution in [0.25, 0.3) is 0 Å². The zero-order valence-electron chi connectivity index (χ0n) is 21.8. The van der Waals surface area contributed by atoms with E-state index < -0.39 is 34.1 Å². The highest BCUT2D eigenvalue weighted by Gasteiger charge is 2.32. The number of hydrogen-bond acceptors (Lipinski definition) is 4. The van der Waals surface area contributed by atoms with Crippen LogP contribution in [-0.2, 0) is 26.2 Å². The van der Waals surface area contributed by atoms with E-state index in [2.05, 4.69) is 5.32 Å². The number of rotatable bonds is 9. The molecule has 36 heavy (non-hydrogen) atoms. The number of carbonyl (C=O) groups is 2. The van der Waals surface area contributed by atoms with Gasteiger partial charge >= 0.3 is 0 Å². The summed E-state index contributed by atoms with van der Waals surface area (Å²) in [7, 11) is -3.83. The van der Waals surface area contributed by atoms with Gasteiger partial charge in [-0.15, -0.1) is 0 Å². The molecule has 0 fully saturated rings. The Morgan fingerprint density at radius 3 is 2.03 bits per heavy atom. The number of halogens is 2. The summed E-state index contributed by atoms with van der Waals surface area (Å²) in [6.07, 6.45) is 1.06. The standard InChI is InChI=1S/C26H35Cl2N3O4S/c1-17(2)19-11-8-9-14-23(19)31(36(7,34)35)16-24(32)30(18(3)25(33)29-26(4,5)6)15-20-21(27)12-10-13-22(20)28/h8-14,17-18H,15-16H2,1-7H3,(H,29,33). The van der Waals surface area contributed by atoms with Crippen LogP contribution in [0.4, 0.5) is 5.69 Å². The lowest BCUT2D eigenvalue weighted by Crippen LogP contribution is -2.54. The summed E-state index contributed by atoms with van der Waals surface area (Å²) in [4.78, 5) is 28.1. The Bertz CT molecular complexity index is 1190. The largest absolute Gasteiger partial charge is 0.350 e. The van der Waals surface area contributed by atoms with Gasteiger partial charge in [-0.25, -0.2) is 8.42 Å². The van der Waals surface area contributed by atoms with E-state index in [-0.39, 0.29) is 18.4 Å². The molecule has 198 valence electrons. The fourth-order valence-electron chi connectivity index (χ4n) is 3.71. The van der Waals surface area contributed by atoms with Crippen LogP contribution in [0.1, 0.15) is 58.6 Å². The second-order valence-corrected chi connectivity index (χ2v) is 12.8. The quantitative estimate of drug-likeness (QED) is 0.459. The maximum absolute atomic E-state index is 13.7. The third-order valence-corrected chi connectivity index (χ3v) is 7.40. The van der Waals surface area contributed by atoms with Gasteiger partial charge in [0.2, 0.25) is 21.8 Å². The topological polar surface area (TPSA) is 86.8 Å². The molecule has 2 rings (SSSR count). The molecule has 1 N–H and O–H groups in total. The fraction of sp³-hybridized carbons (Fsp3) is 0.462. The lowest BCUT2D eigenvalue weighted by Gasteiger charge is -2.34. The lowest BCUT2D eigenvalue weighted by molar-refractivity contribution is -0.140. The third-order valence-electron chi connectivity index (χ3n) is 5.56. The van der Waals surface area contributed by atoms with Crippen LogP contribution in [0.3, 0.4) is 0 Å². The molecule has 0 aliphatic rings. The predicted octanol–water partition coefficient (Wildman–Crippen LogP) is 5.21. The zero-order valence-corrected chi connectivity index (χ0v) is 24.1. The average molecular weight is 557 g/mol. The van der Waals surface area contributed by atoms with Gasteiger partial charge in [0, 0.05) is 27.7 Å². The number of nitrogens with one attached hydrogen (secondary N) is 1. The van der Waals surface area contributed by atoms with Crippen molar-refractivity contribution in [3.63, 3.8) is 0 Å². The van der Waals surface area contributed by atoms with E-state index in [9.17, 15) is 18.0 Å².